The highest BCUT2D eigenvalue weighted by Crippen LogP contribution is 2.31. The van der Waals surface area contributed by atoms with Gasteiger partial charge < -0.3 is 10.5 Å². The number of nitrogens with zero attached hydrogens (tertiary/aromatic N) is 1. The van der Waals surface area contributed by atoms with E-state index in [-0.39, 0.29) is 16.3 Å². The van der Waals surface area contributed by atoms with Crippen molar-refractivity contribution in [3.63, 3.8) is 0 Å². The molecule has 0 unspecified atom stereocenters. The summed E-state index contributed by atoms with van der Waals surface area (Å²) in [4.78, 5) is 15.6. The number of rotatable bonds is 1. The Morgan fingerprint density at radius 1 is 1.56 bits per heavy atom. The van der Waals surface area contributed by atoms with Crippen LogP contribution in [0.4, 0.5) is 5.69 Å². The van der Waals surface area contributed by atoms with Crippen LogP contribution >= 0.6 is 11.6 Å². The molecule has 0 aliphatic carbocycles. The number of anilines is 1. The molecule has 0 radical (unpaired) electrons. The van der Waals surface area contributed by atoms with Gasteiger partial charge in [0, 0.05) is 11.6 Å². The van der Waals surface area contributed by atoms with Crippen LogP contribution in [-0.2, 0) is 4.74 Å². The van der Waals surface area contributed by atoms with Gasteiger partial charge in [-0.2, -0.15) is 0 Å². The average molecular weight is 237 g/mol. The zero-order valence-electron chi connectivity index (χ0n) is 8.53. The van der Waals surface area contributed by atoms with Gasteiger partial charge in [0.2, 0.25) is 0 Å². The summed E-state index contributed by atoms with van der Waals surface area (Å²) in [6.07, 6.45) is 1.62. The van der Waals surface area contributed by atoms with E-state index in [1.54, 1.807) is 24.4 Å². The number of carbonyl (C=O) groups excluding carboxylic acids is 1. The SMILES string of the molecule is COC(=O)c1cc2cccnc2c(Cl)c1N. The van der Waals surface area contributed by atoms with E-state index in [4.69, 9.17) is 17.3 Å². The van der Waals surface area contributed by atoms with E-state index in [0.717, 1.165) is 5.39 Å². The molecule has 0 fully saturated rings. The third-order valence-corrected chi connectivity index (χ3v) is 2.66. The number of halogens is 1. The number of ether oxygens (including phenoxy) is 1. The standard InChI is InChI=1S/C11H9ClN2O2/c1-16-11(15)7-5-6-3-2-4-14-10(6)8(12)9(7)13/h2-5H,13H2,1H3. The first-order valence-electron chi connectivity index (χ1n) is 4.56. The molecule has 1 aromatic carbocycles. The Kier molecular flexibility index (Phi) is 2.66. The molecule has 0 aliphatic heterocycles. The van der Waals surface area contributed by atoms with E-state index in [9.17, 15) is 4.79 Å². The van der Waals surface area contributed by atoms with E-state index in [0.29, 0.717) is 5.52 Å². The first-order chi connectivity index (χ1) is 7.65. The number of nitrogens with two attached hydrogens (primary N) is 1. The number of esters is 1. The summed E-state index contributed by atoms with van der Waals surface area (Å²) in [5.74, 6) is -0.509. The van der Waals surface area contributed by atoms with Crippen LogP contribution in [0.2, 0.25) is 5.02 Å². The summed E-state index contributed by atoms with van der Waals surface area (Å²) in [7, 11) is 1.29. The largest absolute Gasteiger partial charge is 0.465 e. The molecule has 2 aromatic rings. The first-order valence-corrected chi connectivity index (χ1v) is 4.94. The Morgan fingerprint density at radius 3 is 3.00 bits per heavy atom. The Morgan fingerprint density at radius 2 is 2.31 bits per heavy atom. The van der Waals surface area contributed by atoms with Crippen molar-refractivity contribution >= 4 is 34.2 Å². The molecule has 1 aromatic heterocycles. The molecule has 82 valence electrons. The molecule has 0 amide bonds. The second-order valence-electron chi connectivity index (χ2n) is 3.22. The van der Waals surface area contributed by atoms with Crippen molar-refractivity contribution in [2.24, 2.45) is 0 Å². The molecule has 4 nitrogen and oxygen atoms in total. The normalized spacial score (nSPS) is 10.4. The number of nitrogen functional groups attached to an aromatic ring is 1. The van der Waals surface area contributed by atoms with Crippen LogP contribution in [0.15, 0.2) is 24.4 Å². The van der Waals surface area contributed by atoms with Crippen molar-refractivity contribution in [2.75, 3.05) is 12.8 Å². The molecular weight excluding hydrogens is 228 g/mol. The zero-order chi connectivity index (χ0) is 11.7. The van der Waals surface area contributed by atoms with Gasteiger partial charge in [-0.15, -0.1) is 0 Å². The van der Waals surface area contributed by atoms with Crippen LogP contribution in [-0.4, -0.2) is 18.1 Å². The van der Waals surface area contributed by atoms with Crippen molar-refractivity contribution < 1.29 is 9.53 Å². The van der Waals surface area contributed by atoms with Gasteiger partial charge in [-0.25, -0.2) is 4.79 Å². The Hall–Kier alpha value is -1.81. The second-order valence-corrected chi connectivity index (χ2v) is 3.60. The van der Waals surface area contributed by atoms with Gasteiger partial charge in [0.05, 0.1) is 28.9 Å². The highest BCUT2D eigenvalue weighted by atomic mass is 35.5. The smallest absolute Gasteiger partial charge is 0.340 e. The Balaban J connectivity index is 2.78. The van der Waals surface area contributed by atoms with Crippen molar-refractivity contribution in [2.45, 2.75) is 0 Å². The summed E-state index contributed by atoms with van der Waals surface area (Å²) in [5, 5.41) is 1.03. The molecule has 5 heteroatoms. The fourth-order valence-corrected chi connectivity index (χ4v) is 1.74. The topological polar surface area (TPSA) is 65.2 Å². The van der Waals surface area contributed by atoms with E-state index >= 15 is 0 Å². The highest BCUT2D eigenvalue weighted by Gasteiger charge is 2.15. The van der Waals surface area contributed by atoms with Gasteiger partial charge >= 0.3 is 5.97 Å². The maximum absolute atomic E-state index is 11.4. The summed E-state index contributed by atoms with van der Waals surface area (Å²) in [6.45, 7) is 0. The molecule has 0 aliphatic rings. The molecule has 1 heterocycles. The van der Waals surface area contributed by atoms with E-state index in [1.165, 1.54) is 7.11 Å². The first kappa shape index (κ1) is 10.7. The third-order valence-electron chi connectivity index (χ3n) is 2.28. The molecule has 16 heavy (non-hydrogen) atoms. The predicted molar refractivity (Wildman–Crippen MR) is 62.5 cm³/mol. The quantitative estimate of drug-likeness (QED) is 0.609. The molecule has 2 N–H and O–H groups in total. The minimum Gasteiger partial charge on any atom is -0.465 e. The molecule has 0 bridgehead atoms. The predicted octanol–water partition coefficient (Wildman–Crippen LogP) is 2.26. The van der Waals surface area contributed by atoms with Crippen LogP contribution in [0.1, 0.15) is 10.4 Å². The van der Waals surface area contributed by atoms with Crippen LogP contribution in [0.3, 0.4) is 0 Å². The minimum atomic E-state index is -0.509. The number of fused-ring (bicyclic) bond motifs is 1. The Labute approximate surface area is 97.0 Å². The maximum atomic E-state index is 11.4. The Bertz CT molecular complexity index is 569. The monoisotopic (exact) mass is 236 g/mol. The zero-order valence-corrected chi connectivity index (χ0v) is 9.28. The molecule has 0 saturated carbocycles. The van der Waals surface area contributed by atoms with Crippen molar-refractivity contribution in [3.8, 4) is 0 Å². The van der Waals surface area contributed by atoms with Crippen LogP contribution in [0.5, 0.6) is 0 Å². The van der Waals surface area contributed by atoms with Gasteiger partial charge in [0.1, 0.15) is 0 Å². The minimum absolute atomic E-state index is 0.194. The molecule has 0 atom stereocenters. The number of carbonyl (C=O) groups is 1. The molecule has 0 saturated heterocycles. The number of aromatic nitrogens is 1. The molecule has 2 rings (SSSR count). The number of pyridine rings is 1. The van der Waals surface area contributed by atoms with Crippen LogP contribution < -0.4 is 5.73 Å². The van der Waals surface area contributed by atoms with Gasteiger partial charge in [-0.05, 0) is 12.1 Å². The number of hydrogen-bond donors (Lipinski definition) is 1. The fraction of sp³-hybridized carbons (Fsp3) is 0.0909. The van der Waals surface area contributed by atoms with E-state index in [1.807, 2.05) is 0 Å². The van der Waals surface area contributed by atoms with Gasteiger partial charge in [0.25, 0.3) is 0 Å². The van der Waals surface area contributed by atoms with Crippen molar-refractivity contribution in [1.82, 2.24) is 4.98 Å². The van der Waals surface area contributed by atoms with E-state index in [2.05, 4.69) is 9.72 Å². The van der Waals surface area contributed by atoms with Crippen molar-refractivity contribution in [1.29, 1.82) is 0 Å². The lowest BCUT2D eigenvalue weighted by molar-refractivity contribution is 0.0602. The lowest BCUT2D eigenvalue weighted by Gasteiger charge is -2.08. The maximum Gasteiger partial charge on any atom is 0.340 e. The van der Waals surface area contributed by atoms with Crippen LogP contribution in [0, 0.1) is 0 Å². The summed E-state index contributed by atoms with van der Waals surface area (Å²) < 4.78 is 4.62. The molecule has 0 spiro atoms. The van der Waals surface area contributed by atoms with Gasteiger partial charge in [0.15, 0.2) is 0 Å². The lowest BCUT2D eigenvalue weighted by atomic mass is 10.1. The molecular formula is C11H9ClN2O2. The summed E-state index contributed by atoms with van der Waals surface area (Å²) in [6, 6.07) is 5.19. The summed E-state index contributed by atoms with van der Waals surface area (Å²) in [5.41, 5.74) is 6.78. The van der Waals surface area contributed by atoms with Gasteiger partial charge in [-0.1, -0.05) is 17.7 Å². The highest BCUT2D eigenvalue weighted by molar-refractivity contribution is 6.38. The fourth-order valence-electron chi connectivity index (χ4n) is 1.48. The third kappa shape index (κ3) is 1.57. The number of benzene rings is 1. The second kappa shape index (κ2) is 3.98. The average Bonchev–Trinajstić information content (AvgIpc) is 2.33. The van der Waals surface area contributed by atoms with Gasteiger partial charge in [-0.3, -0.25) is 4.98 Å². The number of methoxy groups -OCH3 is 1. The number of hydrogen-bond acceptors (Lipinski definition) is 4. The van der Waals surface area contributed by atoms with Crippen molar-refractivity contribution in [3.05, 3.63) is 35.0 Å². The summed E-state index contributed by atoms with van der Waals surface area (Å²) >= 11 is 6.04. The van der Waals surface area contributed by atoms with E-state index < -0.39 is 5.97 Å². The lowest BCUT2D eigenvalue weighted by Crippen LogP contribution is -2.06. The van der Waals surface area contributed by atoms with Crippen LogP contribution in [0.25, 0.3) is 10.9 Å².